The number of fused-ring (bicyclic) bond motifs is 1. The minimum absolute atomic E-state index is 0.0341. The lowest BCUT2D eigenvalue weighted by Gasteiger charge is -2.22. The summed E-state index contributed by atoms with van der Waals surface area (Å²) in [5.74, 6) is -6.50. The smallest absolute Gasteiger partial charge is 0.310 e. The monoisotopic (exact) mass is 393 g/mol. The van der Waals surface area contributed by atoms with Gasteiger partial charge >= 0.3 is 5.92 Å². The fourth-order valence-corrected chi connectivity index (χ4v) is 3.82. The standard InChI is InChI=1S/C16H12F5NO3S/c1-26(24,25)12-7-22(8-2-3-10(17)9(6-8)15(18)19)11-4-5-16(20,21)14(23)13(11)12/h2-3,6-7,15H,4-5H2,1H3. The molecular weight excluding hydrogens is 381 g/mol. The first-order valence-electron chi connectivity index (χ1n) is 7.38. The molecule has 0 bridgehead atoms. The Balaban J connectivity index is 2.29. The lowest BCUT2D eigenvalue weighted by Crippen LogP contribution is -2.35. The molecule has 0 aliphatic heterocycles. The molecule has 0 amide bonds. The van der Waals surface area contributed by atoms with E-state index >= 15 is 0 Å². The SMILES string of the molecule is CS(=O)(=O)c1cn(-c2ccc(F)c(C(F)F)c2)c2c1C(=O)C(F)(F)CC2. The zero-order valence-electron chi connectivity index (χ0n) is 13.3. The summed E-state index contributed by atoms with van der Waals surface area (Å²) >= 11 is 0. The second-order valence-electron chi connectivity index (χ2n) is 6.00. The average Bonchev–Trinajstić information content (AvgIpc) is 2.91. The molecule has 3 rings (SSSR count). The highest BCUT2D eigenvalue weighted by Gasteiger charge is 2.47. The van der Waals surface area contributed by atoms with Crippen molar-refractivity contribution in [1.29, 1.82) is 0 Å². The van der Waals surface area contributed by atoms with Crippen LogP contribution >= 0.6 is 0 Å². The second-order valence-corrected chi connectivity index (χ2v) is 7.98. The van der Waals surface area contributed by atoms with Crippen LogP contribution in [-0.2, 0) is 16.3 Å². The summed E-state index contributed by atoms with van der Waals surface area (Å²) in [5, 5.41) is 0. The first-order valence-corrected chi connectivity index (χ1v) is 9.27. The Labute approximate surface area is 145 Å². The van der Waals surface area contributed by atoms with Gasteiger partial charge in [-0.1, -0.05) is 0 Å². The Morgan fingerprint density at radius 1 is 1.23 bits per heavy atom. The van der Waals surface area contributed by atoms with E-state index < -0.39 is 56.2 Å². The van der Waals surface area contributed by atoms with Gasteiger partial charge in [-0.15, -0.1) is 0 Å². The van der Waals surface area contributed by atoms with Crippen molar-refractivity contribution in [3.63, 3.8) is 0 Å². The number of hydrogen-bond acceptors (Lipinski definition) is 3. The van der Waals surface area contributed by atoms with Gasteiger partial charge in [-0.3, -0.25) is 4.79 Å². The maximum absolute atomic E-state index is 13.8. The molecule has 0 unspecified atom stereocenters. The molecule has 140 valence electrons. The second kappa shape index (κ2) is 5.90. The molecule has 2 aromatic rings. The maximum atomic E-state index is 13.8. The number of carbonyl (C=O) groups excluding carboxylic acids is 1. The molecule has 0 spiro atoms. The molecular formula is C16H12F5NO3S. The summed E-state index contributed by atoms with van der Waals surface area (Å²) in [4.78, 5) is 11.5. The first kappa shape index (κ1) is 18.6. The zero-order valence-corrected chi connectivity index (χ0v) is 14.1. The van der Waals surface area contributed by atoms with E-state index in [1.165, 1.54) is 0 Å². The van der Waals surface area contributed by atoms with Crippen LogP contribution in [0.25, 0.3) is 5.69 Å². The molecule has 0 N–H and O–H groups in total. The van der Waals surface area contributed by atoms with Crippen molar-refractivity contribution in [2.45, 2.75) is 30.1 Å². The number of rotatable bonds is 3. The molecule has 1 aromatic carbocycles. The van der Waals surface area contributed by atoms with Crippen LogP contribution in [0, 0.1) is 5.82 Å². The highest BCUT2D eigenvalue weighted by atomic mass is 32.2. The van der Waals surface area contributed by atoms with Crippen molar-refractivity contribution in [2.24, 2.45) is 0 Å². The Hall–Kier alpha value is -2.23. The fraction of sp³-hybridized carbons (Fsp3) is 0.312. The third kappa shape index (κ3) is 2.91. The van der Waals surface area contributed by atoms with Crippen molar-refractivity contribution in [1.82, 2.24) is 4.57 Å². The number of ketones is 1. The van der Waals surface area contributed by atoms with Gasteiger partial charge in [-0.2, -0.15) is 8.78 Å². The molecule has 0 radical (unpaired) electrons. The van der Waals surface area contributed by atoms with Crippen LogP contribution in [0.1, 0.15) is 34.5 Å². The average molecular weight is 393 g/mol. The Kier molecular flexibility index (Phi) is 4.21. The molecule has 1 aliphatic rings. The van der Waals surface area contributed by atoms with E-state index in [2.05, 4.69) is 0 Å². The maximum Gasteiger partial charge on any atom is 0.310 e. The molecule has 1 heterocycles. The highest BCUT2D eigenvalue weighted by molar-refractivity contribution is 7.90. The van der Waals surface area contributed by atoms with Gasteiger partial charge in [0.15, 0.2) is 9.84 Å². The van der Waals surface area contributed by atoms with Gasteiger partial charge < -0.3 is 4.57 Å². The number of nitrogens with zero attached hydrogens (tertiary/aromatic N) is 1. The third-order valence-electron chi connectivity index (χ3n) is 4.20. The highest BCUT2D eigenvalue weighted by Crippen LogP contribution is 2.39. The molecule has 26 heavy (non-hydrogen) atoms. The van der Waals surface area contributed by atoms with Gasteiger partial charge in [0, 0.05) is 30.3 Å². The van der Waals surface area contributed by atoms with E-state index in [9.17, 15) is 35.2 Å². The summed E-state index contributed by atoms with van der Waals surface area (Å²) in [7, 11) is -4.05. The van der Waals surface area contributed by atoms with Crippen LogP contribution in [0.15, 0.2) is 29.3 Å². The van der Waals surface area contributed by atoms with Crippen LogP contribution in [-0.4, -0.2) is 30.9 Å². The number of benzene rings is 1. The van der Waals surface area contributed by atoms with Crippen LogP contribution in [0.2, 0.25) is 0 Å². The topological polar surface area (TPSA) is 56.1 Å². The van der Waals surface area contributed by atoms with Gasteiger partial charge in [0.1, 0.15) is 5.82 Å². The normalized spacial score (nSPS) is 16.8. The van der Waals surface area contributed by atoms with Crippen molar-refractivity contribution in [3.05, 3.63) is 47.0 Å². The van der Waals surface area contributed by atoms with Gasteiger partial charge in [0.2, 0.25) is 5.78 Å². The molecule has 0 saturated carbocycles. The van der Waals surface area contributed by atoms with Gasteiger partial charge in [-0.05, 0) is 24.6 Å². The number of halogens is 5. The molecule has 0 atom stereocenters. The van der Waals surface area contributed by atoms with Crippen molar-refractivity contribution >= 4 is 15.6 Å². The number of sulfone groups is 1. The first-order chi connectivity index (χ1) is 11.9. The fourth-order valence-electron chi connectivity index (χ4n) is 2.94. The molecule has 1 aliphatic carbocycles. The van der Waals surface area contributed by atoms with Crippen LogP contribution < -0.4 is 0 Å². The number of alkyl halides is 4. The summed E-state index contributed by atoms with van der Waals surface area (Å²) in [6, 6.07) is 2.66. The summed E-state index contributed by atoms with van der Waals surface area (Å²) in [6.45, 7) is 0. The zero-order chi connectivity index (χ0) is 19.4. The van der Waals surface area contributed by atoms with E-state index in [0.717, 1.165) is 35.2 Å². The summed E-state index contributed by atoms with van der Waals surface area (Å²) in [5.41, 5.74) is -1.65. The quantitative estimate of drug-likeness (QED) is 0.747. The van der Waals surface area contributed by atoms with Crippen LogP contribution in [0.4, 0.5) is 22.0 Å². The van der Waals surface area contributed by atoms with E-state index in [4.69, 9.17) is 0 Å². The van der Waals surface area contributed by atoms with Crippen molar-refractivity contribution in [3.8, 4) is 5.69 Å². The van der Waals surface area contributed by atoms with E-state index in [-0.39, 0.29) is 17.8 Å². The number of aromatic nitrogens is 1. The van der Waals surface area contributed by atoms with Gasteiger partial charge in [0.05, 0.1) is 16.0 Å². The van der Waals surface area contributed by atoms with Gasteiger partial charge in [0.25, 0.3) is 6.43 Å². The molecule has 0 saturated heterocycles. The number of carbonyl (C=O) groups is 1. The minimum Gasteiger partial charge on any atom is -0.319 e. The molecule has 0 fully saturated rings. The number of hydrogen-bond donors (Lipinski definition) is 0. The van der Waals surface area contributed by atoms with E-state index in [0.29, 0.717) is 0 Å². The molecule has 1 aromatic heterocycles. The minimum atomic E-state index is -4.05. The van der Waals surface area contributed by atoms with E-state index in [1.807, 2.05) is 0 Å². The summed E-state index contributed by atoms with van der Waals surface area (Å²) in [6.07, 6.45) is -2.62. The van der Waals surface area contributed by atoms with Crippen LogP contribution in [0.3, 0.4) is 0 Å². The predicted molar refractivity (Wildman–Crippen MR) is 81.4 cm³/mol. The Bertz CT molecular complexity index is 1010. The lowest BCUT2D eigenvalue weighted by molar-refractivity contribution is 0.00142. The summed E-state index contributed by atoms with van der Waals surface area (Å²) < 4.78 is 91.9. The van der Waals surface area contributed by atoms with Crippen LogP contribution in [0.5, 0.6) is 0 Å². The van der Waals surface area contributed by atoms with Crippen molar-refractivity contribution in [2.75, 3.05) is 6.26 Å². The third-order valence-corrected chi connectivity index (χ3v) is 5.31. The molecule has 4 nitrogen and oxygen atoms in total. The van der Waals surface area contributed by atoms with Gasteiger partial charge in [-0.25, -0.2) is 21.6 Å². The largest absolute Gasteiger partial charge is 0.319 e. The predicted octanol–water partition coefficient (Wildman–Crippen LogP) is 3.72. The Morgan fingerprint density at radius 3 is 2.46 bits per heavy atom. The lowest BCUT2D eigenvalue weighted by atomic mass is 9.93. The Morgan fingerprint density at radius 2 is 1.88 bits per heavy atom. The van der Waals surface area contributed by atoms with Crippen molar-refractivity contribution < 1.29 is 35.2 Å². The number of Topliss-reactive ketones (excluding diaryl/α,β-unsaturated/α-hetero) is 1. The molecule has 10 heteroatoms. The van der Waals surface area contributed by atoms with E-state index in [1.54, 1.807) is 0 Å².